The summed E-state index contributed by atoms with van der Waals surface area (Å²) in [4.78, 5) is 8.29. The van der Waals surface area contributed by atoms with Crippen molar-refractivity contribution in [1.29, 1.82) is 0 Å². The molecular weight excluding hydrogens is 285 g/mol. The highest BCUT2D eigenvalue weighted by atomic mass is 32.2. The number of aromatic nitrogens is 1. The predicted octanol–water partition coefficient (Wildman–Crippen LogP) is 2.54. The molecule has 1 aromatic heterocycles. The van der Waals surface area contributed by atoms with Crippen molar-refractivity contribution in [3.05, 3.63) is 23.4 Å². The van der Waals surface area contributed by atoms with Crippen LogP contribution < -0.4 is 0 Å². The number of halogens is 3. The molecule has 5 nitrogen and oxygen atoms in total. The second-order valence-electron chi connectivity index (χ2n) is 3.31. The standard InChI is InChI=1S/C10H11F3N2O3S/c1-6-8(5-14-17-2)18-10(15-6)19(16)4-3-7(11)9(12)13/h5H,3-4H2,1-2H3. The molecule has 1 unspecified atom stereocenters. The first kappa shape index (κ1) is 15.4. The van der Waals surface area contributed by atoms with Crippen LogP contribution in [0, 0.1) is 6.92 Å². The monoisotopic (exact) mass is 296 g/mol. The summed E-state index contributed by atoms with van der Waals surface area (Å²) < 4.78 is 53.0. The highest BCUT2D eigenvalue weighted by Gasteiger charge is 2.16. The lowest BCUT2D eigenvalue weighted by Crippen LogP contribution is -1.99. The Morgan fingerprint density at radius 3 is 2.79 bits per heavy atom. The third-order valence-corrected chi connectivity index (χ3v) is 3.13. The van der Waals surface area contributed by atoms with Crippen LogP contribution in [-0.4, -0.2) is 28.3 Å². The molecule has 1 rings (SSSR count). The second-order valence-corrected chi connectivity index (χ2v) is 4.76. The van der Waals surface area contributed by atoms with Gasteiger partial charge in [-0.05, 0) is 6.92 Å². The van der Waals surface area contributed by atoms with Crippen LogP contribution in [0.2, 0.25) is 0 Å². The minimum absolute atomic E-state index is 0.165. The van der Waals surface area contributed by atoms with E-state index in [4.69, 9.17) is 4.42 Å². The van der Waals surface area contributed by atoms with Crippen molar-refractivity contribution in [1.82, 2.24) is 4.98 Å². The molecule has 1 atom stereocenters. The predicted molar refractivity (Wildman–Crippen MR) is 62.1 cm³/mol. The number of rotatable bonds is 6. The Labute approximate surface area is 109 Å². The highest BCUT2D eigenvalue weighted by Crippen LogP contribution is 2.17. The number of allylic oxidation sites excluding steroid dienone is 1. The van der Waals surface area contributed by atoms with E-state index in [0.29, 0.717) is 5.69 Å². The molecule has 19 heavy (non-hydrogen) atoms. The van der Waals surface area contributed by atoms with Crippen LogP contribution in [-0.2, 0) is 15.6 Å². The quantitative estimate of drug-likeness (QED) is 0.597. The fourth-order valence-corrected chi connectivity index (χ4v) is 2.03. The van der Waals surface area contributed by atoms with Gasteiger partial charge in [0.15, 0.2) is 11.6 Å². The molecule has 0 saturated carbocycles. The summed E-state index contributed by atoms with van der Waals surface area (Å²) in [6, 6.07) is 0. The number of oxazole rings is 1. The van der Waals surface area contributed by atoms with Crippen LogP contribution in [0.4, 0.5) is 13.2 Å². The summed E-state index contributed by atoms with van der Waals surface area (Å²) in [5, 5.41) is 3.28. The topological polar surface area (TPSA) is 64.7 Å². The van der Waals surface area contributed by atoms with Gasteiger partial charge >= 0.3 is 6.08 Å². The third kappa shape index (κ3) is 4.51. The van der Waals surface area contributed by atoms with Crippen LogP contribution in [0.3, 0.4) is 0 Å². The Bertz CT molecular complexity index is 524. The maximum absolute atomic E-state index is 12.6. The lowest BCUT2D eigenvalue weighted by Gasteiger charge is -1.95. The zero-order chi connectivity index (χ0) is 14.4. The average molecular weight is 296 g/mol. The summed E-state index contributed by atoms with van der Waals surface area (Å²) in [5.41, 5.74) is 0.414. The molecule has 1 heterocycles. The van der Waals surface area contributed by atoms with Crippen LogP contribution in [0.15, 0.2) is 26.7 Å². The zero-order valence-corrected chi connectivity index (χ0v) is 11.0. The second kappa shape index (κ2) is 7.07. The maximum Gasteiger partial charge on any atom is 0.301 e. The largest absolute Gasteiger partial charge is 0.428 e. The van der Waals surface area contributed by atoms with Crippen LogP contribution in [0.1, 0.15) is 17.9 Å². The lowest BCUT2D eigenvalue weighted by atomic mass is 10.4. The molecule has 0 aromatic carbocycles. The number of oxime groups is 1. The molecule has 0 saturated heterocycles. The van der Waals surface area contributed by atoms with Crippen LogP contribution >= 0.6 is 0 Å². The zero-order valence-electron chi connectivity index (χ0n) is 10.2. The molecule has 0 aliphatic heterocycles. The van der Waals surface area contributed by atoms with Gasteiger partial charge < -0.3 is 9.25 Å². The number of hydrogen-bond acceptors (Lipinski definition) is 5. The fraction of sp³-hybridized carbons (Fsp3) is 0.400. The Morgan fingerprint density at radius 2 is 2.21 bits per heavy atom. The Balaban J connectivity index is 2.73. The van der Waals surface area contributed by atoms with E-state index in [1.807, 2.05) is 0 Å². The van der Waals surface area contributed by atoms with Gasteiger partial charge in [-0.2, -0.15) is 8.78 Å². The van der Waals surface area contributed by atoms with Gasteiger partial charge in [0.05, 0.1) is 5.69 Å². The smallest absolute Gasteiger partial charge is 0.301 e. The molecule has 0 amide bonds. The molecule has 0 spiro atoms. The molecule has 0 bridgehead atoms. The van der Waals surface area contributed by atoms with Crippen molar-refractivity contribution in [3.63, 3.8) is 0 Å². The van der Waals surface area contributed by atoms with E-state index in [1.165, 1.54) is 13.3 Å². The molecule has 9 heteroatoms. The van der Waals surface area contributed by atoms with E-state index < -0.39 is 29.1 Å². The summed E-state index contributed by atoms with van der Waals surface area (Å²) in [7, 11) is -0.468. The summed E-state index contributed by atoms with van der Waals surface area (Å²) >= 11 is 0. The van der Waals surface area contributed by atoms with Crippen molar-refractivity contribution in [2.45, 2.75) is 18.6 Å². The minimum atomic E-state index is -2.41. The number of hydrogen-bond donors (Lipinski definition) is 0. The highest BCUT2D eigenvalue weighted by molar-refractivity contribution is 7.84. The first-order valence-electron chi connectivity index (χ1n) is 5.07. The lowest BCUT2D eigenvalue weighted by molar-refractivity contribution is 0.214. The summed E-state index contributed by atoms with van der Waals surface area (Å²) in [6.45, 7) is 1.59. The van der Waals surface area contributed by atoms with Gasteiger partial charge in [-0.25, -0.2) is 13.6 Å². The Kier molecular flexibility index (Phi) is 5.74. The summed E-state index contributed by atoms with van der Waals surface area (Å²) in [5.74, 6) is -1.69. The van der Waals surface area contributed by atoms with Crippen molar-refractivity contribution in [2.24, 2.45) is 5.16 Å². The molecule has 0 aliphatic rings. The van der Waals surface area contributed by atoms with Gasteiger partial charge in [-0.15, -0.1) is 0 Å². The van der Waals surface area contributed by atoms with E-state index >= 15 is 0 Å². The van der Waals surface area contributed by atoms with Gasteiger partial charge in [-0.3, -0.25) is 0 Å². The van der Waals surface area contributed by atoms with Crippen LogP contribution in [0.25, 0.3) is 0 Å². The van der Waals surface area contributed by atoms with Crippen molar-refractivity contribution in [2.75, 3.05) is 12.9 Å². The van der Waals surface area contributed by atoms with E-state index in [0.717, 1.165) is 0 Å². The molecule has 0 radical (unpaired) electrons. The number of aryl methyl sites for hydroxylation is 1. The fourth-order valence-electron chi connectivity index (χ4n) is 1.06. The Morgan fingerprint density at radius 1 is 1.53 bits per heavy atom. The van der Waals surface area contributed by atoms with Gasteiger partial charge in [0.2, 0.25) is 0 Å². The van der Waals surface area contributed by atoms with E-state index in [9.17, 15) is 17.4 Å². The van der Waals surface area contributed by atoms with Crippen molar-refractivity contribution < 1.29 is 26.6 Å². The van der Waals surface area contributed by atoms with Gasteiger partial charge in [0.25, 0.3) is 5.22 Å². The normalized spacial score (nSPS) is 12.7. The maximum atomic E-state index is 12.6. The third-order valence-electron chi connectivity index (χ3n) is 1.99. The van der Waals surface area contributed by atoms with Gasteiger partial charge in [-0.1, -0.05) is 5.16 Å². The number of nitrogens with zero attached hydrogens (tertiary/aromatic N) is 2. The molecule has 0 N–H and O–H groups in total. The van der Waals surface area contributed by atoms with E-state index in [2.05, 4.69) is 15.0 Å². The first-order chi connectivity index (χ1) is 8.95. The van der Waals surface area contributed by atoms with Crippen molar-refractivity contribution in [3.8, 4) is 0 Å². The van der Waals surface area contributed by atoms with E-state index in [1.54, 1.807) is 6.92 Å². The van der Waals surface area contributed by atoms with Crippen molar-refractivity contribution >= 4 is 17.0 Å². The average Bonchev–Trinajstić information content (AvgIpc) is 2.74. The summed E-state index contributed by atoms with van der Waals surface area (Å²) in [6.07, 6.45) is -1.82. The van der Waals surface area contributed by atoms with Gasteiger partial charge in [0.1, 0.15) is 24.1 Å². The molecule has 0 fully saturated rings. The molecule has 106 valence electrons. The SMILES string of the molecule is CON=Cc1oc(S(=O)CCC(F)=C(F)F)nc1C. The molecular formula is C10H11F3N2O3S. The molecule has 1 aromatic rings. The Hall–Kier alpha value is -1.64. The van der Waals surface area contributed by atoms with Gasteiger partial charge in [0, 0.05) is 12.2 Å². The molecule has 0 aliphatic carbocycles. The van der Waals surface area contributed by atoms with E-state index in [-0.39, 0.29) is 16.7 Å². The minimum Gasteiger partial charge on any atom is -0.428 e. The first-order valence-corrected chi connectivity index (χ1v) is 6.39. The van der Waals surface area contributed by atoms with Crippen LogP contribution in [0.5, 0.6) is 0 Å².